The molecule has 4 nitrogen and oxygen atoms in total. The average Bonchev–Trinajstić information content (AvgIpc) is 3.11. The van der Waals surface area contributed by atoms with Crippen molar-refractivity contribution >= 4 is 10.0 Å². The molecule has 0 aromatic rings. The summed E-state index contributed by atoms with van der Waals surface area (Å²) in [5.74, 6) is 0.165. The Bertz CT molecular complexity index is 404. The van der Waals surface area contributed by atoms with Crippen LogP contribution in [-0.4, -0.2) is 41.8 Å². The van der Waals surface area contributed by atoms with Gasteiger partial charge in [0, 0.05) is 19.0 Å². The predicted molar refractivity (Wildman–Crippen MR) is 65.0 cm³/mol. The van der Waals surface area contributed by atoms with E-state index in [-0.39, 0.29) is 11.2 Å². The molecule has 3 aliphatic rings. The van der Waals surface area contributed by atoms with Gasteiger partial charge in [-0.05, 0) is 32.1 Å². The van der Waals surface area contributed by atoms with Gasteiger partial charge in [-0.1, -0.05) is 12.8 Å². The second kappa shape index (κ2) is 3.93. The maximum absolute atomic E-state index is 12.2. The van der Waals surface area contributed by atoms with E-state index in [9.17, 15) is 13.5 Å². The molecule has 0 bridgehead atoms. The molecule has 3 rings (SSSR count). The van der Waals surface area contributed by atoms with E-state index in [0.717, 1.165) is 38.5 Å². The molecule has 0 radical (unpaired) electrons. The fourth-order valence-electron chi connectivity index (χ4n) is 3.35. The van der Waals surface area contributed by atoms with Gasteiger partial charge in [0.15, 0.2) is 0 Å². The minimum Gasteiger partial charge on any atom is -0.390 e. The van der Waals surface area contributed by atoms with Crippen LogP contribution in [0, 0.1) is 5.92 Å². The highest BCUT2D eigenvalue weighted by Gasteiger charge is 2.48. The summed E-state index contributed by atoms with van der Waals surface area (Å²) in [6.45, 7) is 1.07. The van der Waals surface area contributed by atoms with E-state index in [2.05, 4.69) is 0 Å². The molecule has 1 heterocycles. The number of aliphatic hydroxyl groups is 1. The zero-order valence-corrected chi connectivity index (χ0v) is 11.0. The van der Waals surface area contributed by atoms with Crippen LogP contribution in [-0.2, 0) is 10.0 Å². The Balaban J connectivity index is 1.75. The summed E-state index contributed by atoms with van der Waals surface area (Å²) in [6, 6.07) is 0. The normalized spacial score (nSPS) is 39.9. The monoisotopic (exact) mass is 259 g/mol. The number of hydrogen-bond donors (Lipinski definition) is 1. The number of rotatable bonds is 2. The van der Waals surface area contributed by atoms with Crippen LogP contribution in [0.3, 0.4) is 0 Å². The Kier molecular flexibility index (Phi) is 2.76. The highest BCUT2D eigenvalue weighted by molar-refractivity contribution is 7.90. The smallest absolute Gasteiger partial charge is 0.216 e. The first-order chi connectivity index (χ1) is 8.02. The zero-order valence-electron chi connectivity index (χ0n) is 10.1. The Labute approximate surface area is 103 Å². The molecule has 0 aromatic heterocycles. The maximum Gasteiger partial charge on any atom is 0.216 e. The first-order valence-electron chi connectivity index (χ1n) is 6.74. The van der Waals surface area contributed by atoms with Crippen LogP contribution in [0.1, 0.15) is 44.9 Å². The van der Waals surface area contributed by atoms with Crippen LogP contribution in [0.15, 0.2) is 0 Å². The highest BCUT2D eigenvalue weighted by Crippen LogP contribution is 2.42. The molecular weight excluding hydrogens is 238 g/mol. The van der Waals surface area contributed by atoms with Crippen molar-refractivity contribution in [2.24, 2.45) is 5.92 Å². The summed E-state index contributed by atoms with van der Waals surface area (Å²) >= 11 is 0. The maximum atomic E-state index is 12.2. The van der Waals surface area contributed by atoms with Gasteiger partial charge in [-0.25, -0.2) is 12.7 Å². The first kappa shape index (κ1) is 11.9. The van der Waals surface area contributed by atoms with E-state index in [1.165, 1.54) is 0 Å². The van der Waals surface area contributed by atoms with Crippen LogP contribution in [0.25, 0.3) is 0 Å². The molecule has 3 fully saturated rings. The van der Waals surface area contributed by atoms with Crippen molar-refractivity contribution in [1.29, 1.82) is 0 Å². The summed E-state index contributed by atoms with van der Waals surface area (Å²) in [5.41, 5.74) is -0.576. The fraction of sp³-hybridized carbons (Fsp3) is 1.00. The third kappa shape index (κ3) is 2.02. The minimum atomic E-state index is -3.04. The molecule has 1 aliphatic heterocycles. The van der Waals surface area contributed by atoms with Crippen molar-refractivity contribution in [3.8, 4) is 0 Å². The lowest BCUT2D eigenvalue weighted by atomic mass is 9.72. The van der Waals surface area contributed by atoms with E-state index in [1.807, 2.05) is 0 Å². The lowest BCUT2D eigenvalue weighted by Gasteiger charge is -2.46. The Morgan fingerprint density at radius 2 is 1.88 bits per heavy atom. The van der Waals surface area contributed by atoms with Gasteiger partial charge in [-0.3, -0.25) is 0 Å². The van der Waals surface area contributed by atoms with E-state index >= 15 is 0 Å². The number of nitrogens with zero attached hydrogens (tertiary/aromatic N) is 1. The molecule has 98 valence electrons. The number of fused-ring (bicyclic) bond motifs is 1. The van der Waals surface area contributed by atoms with Crippen LogP contribution in [0.2, 0.25) is 0 Å². The summed E-state index contributed by atoms with van der Waals surface area (Å²) in [5, 5.41) is 10.4. The van der Waals surface area contributed by atoms with Crippen LogP contribution in [0.5, 0.6) is 0 Å². The molecule has 5 heteroatoms. The molecule has 17 heavy (non-hydrogen) atoms. The topological polar surface area (TPSA) is 57.6 Å². The van der Waals surface area contributed by atoms with Gasteiger partial charge in [-0.15, -0.1) is 0 Å². The van der Waals surface area contributed by atoms with Gasteiger partial charge < -0.3 is 5.11 Å². The van der Waals surface area contributed by atoms with Crippen LogP contribution < -0.4 is 0 Å². The van der Waals surface area contributed by atoms with E-state index < -0.39 is 15.6 Å². The summed E-state index contributed by atoms with van der Waals surface area (Å²) < 4.78 is 26.0. The van der Waals surface area contributed by atoms with Crippen LogP contribution in [0.4, 0.5) is 0 Å². The van der Waals surface area contributed by atoms with E-state index in [4.69, 9.17) is 0 Å². The SMILES string of the molecule is O=S(=O)(C1CC1)N1CCC2(O)CCCCC2C1. The summed E-state index contributed by atoms with van der Waals surface area (Å²) in [6.07, 6.45) is 6.33. The van der Waals surface area contributed by atoms with Gasteiger partial charge in [0.05, 0.1) is 10.9 Å². The van der Waals surface area contributed by atoms with Gasteiger partial charge in [0.25, 0.3) is 0 Å². The van der Waals surface area contributed by atoms with Crippen LogP contribution >= 0.6 is 0 Å². The van der Waals surface area contributed by atoms with Gasteiger partial charge in [0.2, 0.25) is 10.0 Å². The third-order valence-electron chi connectivity index (χ3n) is 4.70. The lowest BCUT2D eigenvalue weighted by Crippen LogP contribution is -2.55. The molecule has 0 amide bonds. The van der Waals surface area contributed by atoms with E-state index in [0.29, 0.717) is 19.5 Å². The van der Waals surface area contributed by atoms with Crippen molar-refractivity contribution < 1.29 is 13.5 Å². The number of hydrogen-bond acceptors (Lipinski definition) is 3. The molecule has 2 aliphatic carbocycles. The molecule has 2 saturated carbocycles. The molecule has 0 aromatic carbocycles. The largest absolute Gasteiger partial charge is 0.390 e. The molecule has 2 atom stereocenters. The van der Waals surface area contributed by atoms with Gasteiger partial charge in [0.1, 0.15) is 0 Å². The molecule has 1 N–H and O–H groups in total. The second-order valence-electron chi connectivity index (χ2n) is 5.90. The molecular formula is C12H21NO3S. The quantitative estimate of drug-likeness (QED) is 0.808. The highest BCUT2D eigenvalue weighted by atomic mass is 32.2. The standard InChI is InChI=1S/C12H21NO3S/c14-12-6-2-1-3-10(12)9-13(8-7-12)17(15,16)11-4-5-11/h10-11,14H,1-9H2. The summed E-state index contributed by atoms with van der Waals surface area (Å²) in [4.78, 5) is 0. The Morgan fingerprint density at radius 1 is 1.12 bits per heavy atom. The van der Waals surface area contributed by atoms with Crippen molar-refractivity contribution in [2.45, 2.75) is 55.8 Å². The second-order valence-corrected chi connectivity index (χ2v) is 8.11. The van der Waals surface area contributed by atoms with Gasteiger partial charge in [-0.2, -0.15) is 0 Å². The van der Waals surface area contributed by atoms with Gasteiger partial charge >= 0.3 is 0 Å². The van der Waals surface area contributed by atoms with Crippen molar-refractivity contribution in [1.82, 2.24) is 4.31 Å². The zero-order chi connectivity index (χ0) is 12.1. The third-order valence-corrected chi connectivity index (χ3v) is 7.06. The van der Waals surface area contributed by atoms with Crippen molar-refractivity contribution in [3.05, 3.63) is 0 Å². The van der Waals surface area contributed by atoms with E-state index in [1.54, 1.807) is 4.31 Å². The molecule has 0 spiro atoms. The lowest BCUT2D eigenvalue weighted by molar-refractivity contribution is -0.0816. The average molecular weight is 259 g/mol. The Morgan fingerprint density at radius 3 is 2.59 bits per heavy atom. The molecule has 1 saturated heterocycles. The molecule has 2 unspecified atom stereocenters. The number of piperidine rings is 1. The first-order valence-corrected chi connectivity index (χ1v) is 8.24. The fourth-order valence-corrected chi connectivity index (χ4v) is 5.24. The van der Waals surface area contributed by atoms with Crippen molar-refractivity contribution in [2.75, 3.05) is 13.1 Å². The predicted octanol–water partition coefficient (Wildman–Crippen LogP) is 1.11. The number of sulfonamides is 1. The minimum absolute atomic E-state index is 0.114. The summed E-state index contributed by atoms with van der Waals surface area (Å²) in [7, 11) is -3.04. The Hall–Kier alpha value is -0.130. The van der Waals surface area contributed by atoms with Crippen molar-refractivity contribution in [3.63, 3.8) is 0 Å².